The Kier molecular flexibility index (Phi) is 5.90. The van der Waals surface area contributed by atoms with Gasteiger partial charge in [-0.1, -0.05) is 23.7 Å². The molecule has 0 bridgehead atoms. The third kappa shape index (κ3) is 4.75. The highest BCUT2D eigenvalue weighted by atomic mass is 35.5. The zero-order valence-electron chi connectivity index (χ0n) is 15.9. The van der Waals surface area contributed by atoms with Crippen molar-refractivity contribution >= 4 is 34.2 Å². The molecule has 0 aliphatic carbocycles. The molecule has 0 aliphatic rings. The van der Waals surface area contributed by atoms with Crippen LogP contribution in [0.2, 0.25) is 5.02 Å². The van der Waals surface area contributed by atoms with Crippen LogP contribution in [0.1, 0.15) is 5.56 Å². The smallest absolute Gasteiger partial charge is 0.224 e. The quantitative estimate of drug-likeness (QED) is 0.428. The maximum atomic E-state index is 13.0. The molecule has 4 aromatic rings. The van der Waals surface area contributed by atoms with Crippen molar-refractivity contribution in [1.29, 1.82) is 0 Å². The number of benzene rings is 2. The van der Waals surface area contributed by atoms with E-state index in [2.05, 4.69) is 20.6 Å². The Morgan fingerprint density at radius 3 is 2.67 bits per heavy atom. The fourth-order valence-corrected chi connectivity index (χ4v) is 3.15. The lowest BCUT2D eigenvalue weighted by atomic mass is 10.1. The Morgan fingerprint density at radius 1 is 1.07 bits per heavy atom. The molecule has 0 aliphatic heterocycles. The number of nitrogens with one attached hydrogen (secondary N) is 2. The van der Waals surface area contributed by atoms with Crippen molar-refractivity contribution in [3.8, 4) is 11.6 Å². The van der Waals surface area contributed by atoms with Gasteiger partial charge in [0.15, 0.2) is 11.6 Å². The summed E-state index contributed by atoms with van der Waals surface area (Å²) in [5.74, 6) is 1.15. The number of carbonyl (C=O) groups excluding carboxylic acids is 1. The number of rotatable bonds is 7. The first-order chi connectivity index (χ1) is 14.6. The Labute approximate surface area is 177 Å². The zero-order valence-corrected chi connectivity index (χ0v) is 16.6. The number of hydrogen-bond acceptors (Lipinski definition) is 5. The van der Waals surface area contributed by atoms with E-state index in [1.165, 1.54) is 12.1 Å². The van der Waals surface area contributed by atoms with Gasteiger partial charge in [-0.2, -0.15) is 0 Å². The highest BCUT2D eigenvalue weighted by molar-refractivity contribution is 6.31. The molecule has 0 fully saturated rings. The van der Waals surface area contributed by atoms with Crippen molar-refractivity contribution < 1.29 is 13.6 Å². The summed E-state index contributed by atoms with van der Waals surface area (Å²) >= 11 is 6.11. The second-order valence-electron chi connectivity index (χ2n) is 6.61. The fraction of sp³-hybridized carbons (Fsp3) is 0.136. The molecule has 2 heterocycles. The number of aromatic nitrogens is 2. The average molecular weight is 425 g/mol. The van der Waals surface area contributed by atoms with Crippen LogP contribution >= 0.6 is 11.6 Å². The third-order valence-corrected chi connectivity index (χ3v) is 4.65. The number of nitrogens with zero attached hydrogens (tertiary/aromatic N) is 2. The molecule has 0 radical (unpaired) electrons. The summed E-state index contributed by atoms with van der Waals surface area (Å²) in [6.45, 7) is 0.858. The molecule has 1 amide bonds. The summed E-state index contributed by atoms with van der Waals surface area (Å²) in [6.07, 6.45) is 1.75. The molecule has 0 saturated carbocycles. The molecular weight excluding hydrogens is 407 g/mol. The topological polar surface area (TPSA) is 80.0 Å². The van der Waals surface area contributed by atoms with E-state index in [4.69, 9.17) is 16.0 Å². The Hall–Kier alpha value is -3.45. The second kappa shape index (κ2) is 8.92. The fourth-order valence-electron chi connectivity index (χ4n) is 2.99. The molecule has 8 heteroatoms. The highest BCUT2D eigenvalue weighted by Crippen LogP contribution is 2.27. The minimum atomic E-state index is -0.323. The van der Waals surface area contributed by atoms with Gasteiger partial charge in [0, 0.05) is 23.5 Å². The molecule has 2 N–H and O–H groups in total. The number of fused-ring (bicyclic) bond motifs is 1. The van der Waals surface area contributed by atoms with E-state index in [0.29, 0.717) is 41.0 Å². The van der Waals surface area contributed by atoms with Gasteiger partial charge in [0.2, 0.25) is 5.91 Å². The molecular formula is C22H18ClFN4O2. The van der Waals surface area contributed by atoms with E-state index in [-0.39, 0.29) is 18.1 Å². The van der Waals surface area contributed by atoms with E-state index in [9.17, 15) is 9.18 Å². The summed E-state index contributed by atoms with van der Waals surface area (Å²) < 4.78 is 18.4. The standard InChI is InChI=1S/C22H18ClFN4O2/c23-15-5-8-17-18(13-15)27-22(19-2-1-11-30-19)28-21(17)26-10-9-25-20(29)12-14-3-6-16(24)7-4-14/h1-8,11,13H,9-10,12H2,(H,25,29)(H,26,27,28). The van der Waals surface area contributed by atoms with E-state index < -0.39 is 0 Å². The van der Waals surface area contributed by atoms with E-state index >= 15 is 0 Å². The second-order valence-corrected chi connectivity index (χ2v) is 7.05. The molecule has 30 heavy (non-hydrogen) atoms. The van der Waals surface area contributed by atoms with E-state index in [1.807, 2.05) is 6.07 Å². The van der Waals surface area contributed by atoms with Crippen molar-refractivity contribution in [1.82, 2.24) is 15.3 Å². The van der Waals surface area contributed by atoms with Crippen LogP contribution in [-0.4, -0.2) is 29.0 Å². The van der Waals surface area contributed by atoms with Crippen molar-refractivity contribution in [2.75, 3.05) is 18.4 Å². The van der Waals surface area contributed by atoms with Gasteiger partial charge in [-0.05, 0) is 48.0 Å². The lowest BCUT2D eigenvalue weighted by Gasteiger charge is -2.11. The van der Waals surface area contributed by atoms with Crippen LogP contribution in [0.15, 0.2) is 65.3 Å². The number of carbonyl (C=O) groups is 1. The van der Waals surface area contributed by atoms with Crippen LogP contribution in [0.4, 0.5) is 10.2 Å². The number of hydrogen-bond donors (Lipinski definition) is 2. The molecule has 152 valence electrons. The molecule has 0 spiro atoms. The third-order valence-electron chi connectivity index (χ3n) is 4.42. The lowest BCUT2D eigenvalue weighted by molar-refractivity contribution is -0.120. The van der Waals surface area contributed by atoms with E-state index in [1.54, 1.807) is 42.7 Å². The summed E-state index contributed by atoms with van der Waals surface area (Å²) in [5, 5.41) is 7.46. The SMILES string of the molecule is O=C(Cc1ccc(F)cc1)NCCNc1nc(-c2ccco2)nc2cc(Cl)ccc12. The number of halogens is 2. The van der Waals surface area contributed by atoms with Crippen molar-refractivity contribution in [2.45, 2.75) is 6.42 Å². The first kappa shape index (κ1) is 19.8. The summed E-state index contributed by atoms with van der Waals surface area (Å²) in [7, 11) is 0. The molecule has 6 nitrogen and oxygen atoms in total. The van der Waals surface area contributed by atoms with Gasteiger partial charge in [-0.3, -0.25) is 4.79 Å². The summed E-state index contributed by atoms with van der Waals surface area (Å²) in [4.78, 5) is 21.2. The Morgan fingerprint density at radius 2 is 1.90 bits per heavy atom. The van der Waals surface area contributed by atoms with Crippen LogP contribution in [0.5, 0.6) is 0 Å². The summed E-state index contributed by atoms with van der Waals surface area (Å²) in [5.41, 5.74) is 1.44. The van der Waals surface area contributed by atoms with Crippen molar-refractivity contribution in [2.24, 2.45) is 0 Å². The Balaban J connectivity index is 1.42. The van der Waals surface area contributed by atoms with Crippen LogP contribution in [0, 0.1) is 5.82 Å². The van der Waals surface area contributed by atoms with Gasteiger partial charge in [0.1, 0.15) is 11.6 Å². The van der Waals surface area contributed by atoms with Gasteiger partial charge >= 0.3 is 0 Å². The van der Waals surface area contributed by atoms with Crippen LogP contribution in [0.3, 0.4) is 0 Å². The average Bonchev–Trinajstić information content (AvgIpc) is 3.27. The largest absolute Gasteiger partial charge is 0.461 e. The van der Waals surface area contributed by atoms with E-state index in [0.717, 1.165) is 10.9 Å². The van der Waals surface area contributed by atoms with Crippen LogP contribution in [0.25, 0.3) is 22.5 Å². The first-order valence-corrected chi connectivity index (χ1v) is 9.72. The van der Waals surface area contributed by atoms with Gasteiger partial charge in [0.05, 0.1) is 18.2 Å². The number of anilines is 1. The maximum absolute atomic E-state index is 13.0. The Bertz CT molecular complexity index is 1160. The molecule has 0 atom stereocenters. The lowest BCUT2D eigenvalue weighted by Crippen LogP contribution is -2.30. The van der Waals surface area contributed by atoms with Crippen LogP contribution < -0.4 is 10.6 Å². The molecule has 2 aromatic carbocycles. The van der Waals surface area contributed by atoms with Gasteiger partial charge in [-0.15, -0.1) is 0 Å². The van der Waals surface area contributed by atoms with Gasteiger partial charge < -0.3 is 15.1 Å². The predicted molar refractivity (Wildman–Crippen MR) is 114 cm³/mol. The van der Waals surface area contributed by atoms with Crippen molar-refractivity contribution in [3.63, 3.8) is 0 Å². The number of amides is 1. The van der Waals surface area contributed by atoms with Crippen molar-refractivity contribution in [3.05, 3.63) is 77.3 Å². The molecule has 0 saturated heterocycles. The number of furan rings is 1. The normalized spacial score (nSPS) is 10.9. The van der Waals surface area contributed by atoms with Gasteiger partial charge in [0.25, 0.3) is 0 Å². The molecule has 0 unspecified atom stereocenters. The molecule has 2 aromatic heterocycles. The predicted octanol–water partition coefficient (Wildman–Crippen LogP) is 4.45. The minimum Gasteiger partial charge on any atom is -0.461 e. The zero-order chi connectivity index (χ0) is 20.9. The maximum Gasteiger partial charge on any atom is 0.224 e. The molecule has 4 rings (SSSR count). The minimum absolute atomic E-state index is 0.140. The highest BCUT2D eigenvalue weighted by Gasteiger charge is 2.12. The summed E-state index contributed by atoms with van der Waals surface area (Å²) in [6, 6.07) is 14.8. The first-order valence-electron chi connectivity index (χ1n) is 9.35. The van der Waals surface area contributed by atoms with Crippen LogP contribution in [-0.2, 0) is 11.2 Å². The van der Waals surface area contributed by atoms with Gasteiger partial charge in [-0.25, -0.2) is 14.4 Å². The monoisotopic (exact) mass is 424 g/mol.